The number of aromatic amines is 1. The maximum absolute atomic E-state index is 13.3. The van der Waals surface area contributed by atoms with Crippen LogP contribution in [-0.2, 0) is 11.3 Å². The average molecular weight is 330 g/mol. The smallest absolute Gasteiger partial charge is 0.189 e. The van der Waals surface area contributed by atoms with E-state index >= 15 is 0 Å². The number of aromatic nitrogens is 1. The van der Waals surface area contributed by atoms with Crippen LogP contribution in [0.2, 0.25) is 0 Å². The number of hydrogen-bond acceptors (Lipinski definition) is 3. The van der Waals surface area contributed by atoms with E-state index in [0.717, 1.165) is 51.4 Å². The first kappa shape index (κ1) is 15.8. The van der Waals surface area contributed by atoms with Gasteiger partial charge < -0.3 is 9.72 Å². The molecule has 0 aliphatic carbocycles. The second-order valence-electron chi connectivity index (χ2n) is 7.28. The Morgan fingerprint density at radius 2 is 2.04 bits per heavy atom. The van der Waals surface area contributed by atoms with E-state index in [4.69, 9.17) is 4.74 Å². The molecule has 0 amide bonds. The lowest BCUT2D eigenvalue weighted by Crippen LogP contribution is -2.45. The molecule has 0 unspecified atom stereocenters. The largest absolute Gasteiger partial charge is 0.381 e. The van der Waals surface area contributed by atoms with Crippen molar-refractivity contribution >= 4 is 10.9 Å². The molecule has 2 saturated heterocycles. The predicted molar refractivity (Wildman–Crippen MR) is 91.5 cm³/mol. The standard InChI is InChI=1S/C19H23FN2O2/c20-14-2-3-17-16(10-14)18(23)11-15(21-17)12-22-7-1-4-19(13-22)5-8-24-9-6-19/h2-3,10-11H,1,4-9,12-13H2,(H,21,23). The summed E-state index contributed by atoms with van der Waals surface area (Å²) in [6, 6.07) is 5.95. The minimum absolute atomic E-state index is 0.115. The summed E-state index contributed by atoms with van der Waals surface area (Å²) < 4.78 is 18.8. The van der Waals surface area contributed by atoms with Gasteiger partial charge in [0.2, 0.25) is 0 Å². The second-order valence-corrected chi connectivity index (χ2v) is 7.28. The molecule has 2 aliphatic rings. The lowest BCUT2D eigenvalue weighted by atomic mass is 9.74. The molecule has 1 N–H and O–H groups in total. The molecule has 2 aromatic rings. The Labute approximate surface area is 140 Å². The van der Waals surface area contributed by atoms with Gasteiger partial charge in [-0.25, -0.2) is 4.39 Å². The molecule has 128 valence electrons. The Bertz CT molecular complexity index is 790. The number of rotatable bonds is 2. The second kappa shape index (κ2) is 6.30. The third-order valence-electron chi connectivity index (χ3n) is 5.54. The van der Waals surface area contributed by atoms with Gasteiger partial charge in [0, 0.05) is 49.0 Å². The van der Waals surface area contributed by atoms with E-state index in [1.54, 1.807) is 12.1 Å². The van der Waals surface area contributed by atoms with E-state index in [2.05, 4.69) is 9.88 Å². The highest BCUT2D eigenvalue weighted by atomic mass is 19.1. The number of pyridine rings is 1. The van der Waals surface area contributed by atoms with E-state index in [1.807, 2.05) is 0 Å². The summed E-state index contributed by atoms with van der Waals surface area (Å²) in [7, 11) is 0. The molecule has 4 nitrogen and oxygen atoms in total. The molecule has 2 fully saturated rings. The van der Waals surface area contributed by atoms with Crippen molar-refractivity contribution in [3.8, 4) is 0 Å². The van der Waals surface area contributed by atoms with Crippen LogP contribution in [0.5, 0.6) is 0 Å². The van der Waals surface area contributed by atoms with E-state index in [1.165, 1.54) is 25.0 Å². The van der Waals surface area contributed by atoms with E-state index < -0.39 is 0 Å². The summed E-state index contributed by atoms with van der Waals surface area (Å²) in [5.74, 6) is -0.377. The SMILES string of the molecule is O=c1cc(CN2CCCC3(CCOCC3)C2)[nH]c2ccc(F)cc12. The Hall–Kier alpha value is -1.72. The quantitative estimate of drug-likeness (QED) is 0.920. The number of fused-ring (bicyclic) bond motifs is 1. The van der Waals surface area contributed by atoms with Crippen LogP contribution in [0, 0.1) is 11.2 Å². The fourth-order valence-corrected chi connectivity index (χ4v) is 4.26. The average Bonchev–Trinajstić information content (AvgIpc) is 2.56. The van der Waals surface area contributed by atoms with Gasteiger partial charge in [-0.1, -0.05) is 0 Å². The zero-order valence-electron chi connectivity index (χ0n) is 13.8. The minimum Gasteiger partial charge on any atom is -0.381 e. The van der Waals surface area contributed by atoms with Crippen LogP contribution in [0.3, 0.4) is 0 Å². The van der Waals surface area contributed by atoms with Crippen molar-refractivity contribution in [2.75, 3.05) is 26.3 Å². The predicted octanol–water partition coefficient (Wildman–Crippen LogP) is 3.06. The van der Waals surface area contributed by atoms with Crippen molar-refractivity contribution in [2.45, 2.75) is 32.2 Å². The maximum Gasteiger partial charge on any atom is 0.189 e. The first-order valence-electron chi connectivity index (χ1n) is 8.75. The number of H-pyrrole nitrogens is 1. The van der Waals surface area contributed by atoms with Gasteiger partial charge in [-0.05, 0) is 55.8 Å². The number of halogens is 1. The van der Waals surface area contributed by atoms with Crippen molar-refractivity contribution < 1.29 is 9.13 Å². The van der Waals surface area contributed by atoms with Crippen LogP contribution >= 0.6 is 0 Å². The van der Waals surface area contributed by atoms with Crippen LogP contribution in [-0.4, -0.2) is 36.2 Å². The molecular formula is C19H23FN2O2. The van der Waals surface area contributed by atoms with Gasteiger partial charge in [-0.15, -0.1) is 0 Å². The summed E-state index contributed by atoms with van der Waals surface area (Å²) >= 11 is 0. The molecular weight excluding hydrogens is 307 g/mol. The molecule has 3 heterocycles. The highest BCUT2D eigenvalue weighted by Gasteiger charge is 2.36. The van der Waals surface area contributed by atoms with Crippen LogP contribution in [0.1, 0.15) is 31.4 Å². The lowest BCUT2D eigenvalue weighted by molar-refractivity contribution is -0.0293. The number of piperidine rings is 1. The molecule has 1 spiro atoms. The van der Waals surface area contributed by atoms with Gasteiger partial charge in [0.25, 0.3) is 0 Å². The molecule has 0 atom stereocenters. The molecule has 4 rings (SSSR count). The van der Waals surface area contributed by atoms with Crippen LogP contribution in [0.15, 0.2) is 29.1 Å². The highest BCUT2D eigenvalue weighted by Crippen LogP contribution is 2.39. The lowest BCUT2D eigenvalue weighted by Gasteiger charge is -2.45. The van der Waals surface area contributed by atoms with Gasteiger partial charge in [-0.3, -0.25) is 9.69 Å². The van der Waals surface area contributed by atoms with Gasteiger partial charge >= 0.3 is 0 Å². The summed E-state index contributed by atoms with van der Waals surface area (Å²) in [6.07, 6.45) is 4.75. The summed E-state index contributed by atoms with van der Waals surface area (Å²) in [6.45, 7) is 4.61. The molecule has 1 aromatic heterocycles. The van der Waals surface area contributed by atoms with Gasteiger partial charge in [-0.2, -0.15) is 0 Å². The third-order valence-corrected chi connectivity index (χ3v) is 5.54. The maximum atomic E-state index is 13.3. The zero-order valence-corrected chi connectivity index (χ0v) is 13.8. The Balaban J connectivity index is 1.55. The van der Waals surface area contributed by atoms with Gasteiger partial charge in [0.1, 0.15) is 5.82 Å². The molecule has 2 aliphatic heterocycles. The number of hydrogen-bond donors (Lipinski definition) is 1. The number of nitrogens with zero attached hydrogens (tertiary/aromatic N) is 1. The number of nitrogens with one attached hydrogen (secondary N) is 1. The van der Waals surface area contributed by atoms with Crippen molar-refractivity contribution in [1.82, 2.24) is 9.88 Å². The molecule has 0 saturated carbocycles. The Kier molecular flexibility index (Phi) is 4.14. The van der Waals surface area contributed by atoms with Gasteiger partial charge in [0.15, 0.2) is 5.43 Å². The monoisotopic (exact) mass is 330 g/mol. The van der Waals surface area contributed by atoms with Crippen molar-refractivity contribution in [3.63, 3.8) is 0 Å². The summed E-state index contributed by atoms with van der Waals surface area (Å²) in [5.41, 5.74) is 1.88. The molecule has 1 aromatic carbocycles. The van der Waals surface area contributed by atoms with Crippen LogP contribution < -0.4 is 5.43 Å². The van der Waals surface area contributed by atoms with Crippen LogP contribution in [0.4, 0.5) is 4.39 Å². The van der Waals surface area contributed by atoms with Gasteiger partial charge in [0.05, 0.1) is 0 Å². The van der Waals surface area contributed by atoms with E-state index in [-0.39, 0.29) is 11.2 Å². The first-order chi connectivity index (χ1) is 11.6. The highest BCUT2D eigenvalue weighted by molar-refractivity contribution is 5.78. The minimum atomic E-state index is -0.377. The zero-order chi connectivity index (χ0) is 16.6. The van der Waals surface area contributed by atoms with Crippen molar-refractivity contribution in [1.29, 1.82) is 0 Å². The van der Waals surface area contributed by atoms with Crippen molar-refractivity contribution in [3.05, 3.63) is 46.0 Å². The van der Waals surface area contributed by atoms with Crippen LogP contribution in [0.25, 0.3) is 10.9 Å². The molecule has 24 heavy (non-hydrogen) atoms. The number of likely N-dealkylation sites (tertiary alicyclic amines) is 1. The fraction of sp³-hybridized carbons (Fsp3) is 0.526. The first-order valence-corrected chi connectivity index (χ1v) is 8.75. The molecule has 0 radical (unpaired) electrons. The van der Waals surface area contributed by atoms with E-state index in [9.17, 15) is 9.18 Å². The topological polar surface area (TPSA) is 45.3 Å². The number of benzene rings is 1. The molecule has 0 bridgehead atoms. The third kappa shape index (κ3) is 3.10. The molecule has 5 heteroatoms. The Morgan fingerprint density at radius 1 is 1.21 bits per heavy atom. The fourth-order valence-electron chi connectivity index (χ4n) is 4.26. The van der Waals surface area contributed by atoms with Crippen molar-refractivity contribution in [2.24, 2.45) is 5.41 Å². The number of ether oxygens (including phenoxy) is 1. The normalized spacial score (nSPS) is 21.4. The van der Waals surface area contributed by atoms with E-state index in [0.29, 0.717) is 16.3 Å². The summed E-state index contributed by atoms with van der Waals surface area (Å²) in [5, 5.41) is 0.415. The summed E-state index contributed by atoms with van der Waals surface area (Å²) in [4.78, 5) is 18.0. The Morgan fingerprint density at radius 3 is 2.88 bits per heavy atom.